The van der Waals surface area contributed by atoms with Crippen LogP contribution in [0.4, 0.5) is 0 Å². The van der Waals surface area contributed by atoms with Crippen molar-refractivity contribution in [2.75, 3.05) is 6.61 Å². The van der Waals surface area contributed by atoms with Crippen molar-refractivity contribution in [2.24, 2.45) is 11.8 Å². The second-order valence-corrected chi connectivity index (χ2v) is 6.13. The normalized spacial score (nSPS) is 32.9. The number of fused-ring (bicyclic) bond motifs is 1. The predicted molar refractivity (Wildman–Crippen MR) is 72.3 cm³/mol. The fraction of sp³-hybridized carbons (Fsp3) is 0.933. The fourth-order valence-electron chi connectivity index (χ4n) is 3.40. The lowest BCUT2D eigenvalue weighted by Crippen LogP contribution is -2.38. The third-order valence-electron chi connectivity index (χ3n) is 4.44. The van der Waals surface area contributed by atoms with E-state index in [1.54, 1.807) is 0 Å². The smallest absolute Gasteiger partial charge is 0.323 e. The molecule has 1 aliphatic heterocycles. The van der Waals surface area contributed by atoms with Crippen LogP contribution in [0.5, 0.6) is 0 Å². The zero-order valence-electron chi connectivity index (χ0n) is 11.8. The molecule has 0 bridgehead atoms. The molecule has 1 saturated heterocycles. The van der Waals surface area contributed by atoms with Gasteiger partial charge in [-0.25, -0.2) is 0 Å². The molecule has 2 rings (SSSR count). The Labute approximate surface area is 111 Å². The predicted octanol–water partition coefficient (Wildman–Crippen LogP) is 2.89. The highest BCUT2D eigenvalue weighted by molar-refractivity contribution is 5.76. The summed E-state index contributed by atoms with van der Waals surface area (Å²) in [5, 5.41) is 3.47. The minimum Gasteiger partial charge on any atom is -0.464 e. The molecule has 4 atom stereocenters. The van der Waals surface area contributed by atoms with Crippen LogP contribution in [0.25, 0.3) is 0 Å². The van der Waals surface area contributed by atoms with Crippen molar-refractivity contribution in [3.8, 4) is 0 Å². The zero-order chi connectivity index (χ0) is 13.0. The molecule has 1 N–H and O–H groups in total. The molecule has 3 nitrogen and oxygen atoms in total. The highest BCUT2D eigenvalue weighted by Gasteiger charge is 2.38. The lowest BCUT2D eigenvalue weighted by Gasteiger charge is -2.24. The molecule has 2 fully saturated rings. The molecule has 2 aliphatic rings. The van der Waals surface area contributed by atoms with Crippen LogP contribution in [0.3, 0.4) is 0 Å². The van der Waals surface area contributed by atoms with Crippen molar-refractivity contribution in [1.29, 1.82) is 0 Å². The molecule has 0 spiro atoms. The fourth-order valence-corrected chi connectivity index (χ4v) is 3.40. The van der Waals surface area contributed by atoms with Crippen molar-refractivity contribution >= 4 is 5.97 Å². The molecule has 0 aromatic rings. The van der Waals surface area contributed by atoms with Crippen molar-refractivity contribution in [3.63, 3.8) is 0 Å². The van der Waals surface area contributed by atoms with Crippen LogP contribution in [0, 0.1) is 11.8 Å². The first-order valence-corrected chi connectivity index (χ1v) is 7.63. The highest BCUT2D eigenvalue weighted by atomic mass is 16.5. The summed E-state index contributed by atoms with van der Waals surface area (Å²) in [7, 11) is 0. The summed E-state index contributed by atoms with van der Waals surface area (Å²) < 4.78 is 5.44. The number of carbonyl (C=O) groups excluding carboxylic acids is 1. The monoisotopic (exact) mass is 253 g/mol. The number of esters is 1. The number of hydrogen-bond acceptors (Lipinski definition) is 3. The minimum absolute atomic E-state index is 0.0210. The standard InChI is InChI=1S/C15H27NO2/c1-3-6-11(2)10-18-15(17)14-9-12-7-4-5-8-13(12)16-14/h11-14,16H,3-10H2,1-2H3. The van der Waals surface area contributed by atoms with Gasteiger partial charge >= 0.3 is 5.97 Å². The van der Waals surface area contributed by atoms with Gasteiger partial charge in [0.05, 0.1) is 6.61 Å². The first-order chi connectivity index (χ1) is 8.70. The van der Waals surface area contributed by atoms with Gasteiger partial charge in [-0.2, -0.15) is 0 Å². The van der Waals surface area contributed by atoms with E-state index in [1.165, 1.54) is 25.7 Å². The summed E-state index contributed by atoms with van der Waals surface area (Å²) in [4.78, 5) is 12.0. The molecule has 3 heteroatoms. The maximum Gasteiger partial charge on any atom is 0.323 e. The van der Waals surface area contributed by atoms with Crippen LogP contribution in [0.1, 0.15) is 58.8 Å². The zero-order valence-corrected chi connectivity index (χ0v) is 11.8. The first-order valence-electron chi connectivity index (χ1n) is 7.63. The van der Waals surface area contributed by atoms with E-state index < -0.39 is 0 Å². The molecule has 0 amide bonds. The molecule has 0 aromatic heterocycles. The Morgan fingerprint density at radius 1 is 1.39 bits per heavy atom. The maximum absolute atomic E-state index is 12.0. The first kappa shape index (κ1) is 13.9. The van der Waals surface area contributed by atoms with E-state index in [9.17, 15) is 4.79 Å². The topological polar surface area (TPSA) is 38.3 Å². The van der Waals surface area contributed by atoms with E-state index in [4.69, 9.17) is 4.74 Å². The summed E-state index contributed by atoms with van der Waals surface area (Å²) in [5.41, 5.74) is 0. The molecule has 1 heterocycles. The Morgan fingerprint density at radius 2 is 2.17 bits per heavy atom. The Bertz CT molecular complexity index is 266. The second-order valence-electron chi connectivity index (χ2n) is 6.13. The van der Waals surface area contributed by atoms with Gasteiger partial charge < -0.3 is 10.1 Å². The average Bonchev–Trinajstić information content (AvgIpc) is 2.80. The molecular formula is C15H27NO2. The largest absolute Gasteiger partial charge is 0.464 e. The van der Waals surface area contributed by atoms with Crippen molar-refractivity contribution in [1.82, 2.24) is 5.32 Å². The maximum atomic E-state index is 12.0. The Hall–Kier alpha value is -0.570. The van der Waals surface area contributed by atoms with E-state index in [-0.39, 0.29) is 12.0 Å². The number of rotatable bonds is 5. The molecule has 4 unspecified atom stereocenters. The third kappa shape index (κ3) is 3.47. The third-order valence-corrected chi connectivity index (χ3v) is 4.44. The molecule has 1 aliphatic carbocycles. The van der Waals surface area contributed by atoms with Crippen molar-refractivity contribution < 1.29 is 9.53 Å². The molecule has 0 aromatic carbocycles. The van der Waals surface area contributed by atoms with Gasteiger partial charge in [0.15, 0.2) is 0 Å². The summed E-state index contributed by atoms with van der Waals surface area (Å²) in [6.07, 6.45) is 8.45. The van der Waals surface area contributed by atoms with Crippen LogP contribution in [0.15, 0.2) is 0 Å². The SMILES string of the molecule is CCCC(C)COC(=O)C1CC2CCCCC2N1. The quantitative estimate of drug-likeness (QED) is 0.766. The average molecular weight is 253 g/mol. The van der Waals surface area contributed by atoms with Crippen LogP contribution in [-0.4, -0.2) is 24.7 Å². The molecule has 104 valence electrons. The summed E-state index contributed by atoms with van der Waals surface area (Å²) >= 11 is 0. The summed E-state index contributed by atoms with van der Waals surface area (Å²) in [6.45, 7) is 4.90. The van der Waals surface area contributed by atoms with Crippen molar-refractivity contribution in [2.45, 2.75) is 70.9 Å². The van der Waals surface area contributed by atoms with Gasteiger partial charge in [-0.15, -0.1) is 0 Å². The van der Waals surface area contributed by atoms with Gasteiger partial charge in [0, 0.05) is 6.04 Å². The van der Waals surface area contributed by atoms with E-state index in [0.717, 1.165) is 19.3 Å². The summed E-state index contributed by atoms with van der Waals surface area (Å²) in [6, 6.07) is 0.538. The number of hydrogen-bond donors (Lipinski definition) is 1. The van der Waals surface area contributed by atoms with Gasteiger partial charge in [0.2, 0.25) is 0 Å². The Kier molecular flexibility index (Phi) is 5.04. The van der Waals surface area contributed by atoms with E-state index in [2.05, 4.69) is 19.2 Å². The lowest BCUT2D eigenvalue weighted by molar-refractivity contribution is -0.147. The van der Waals surface area contributed by atoms with Crippen LogP contribution in [0.2, 0.25) is 0 Å². The Balaban J connectivity index is 1.73. The lowest BCUT2D eigenvalue weighted by atomic mass is 9.85. The summed E-state index contributed by atoms with van der Waals surface area (Å²) in [5.74, 6) is 1.18. The number of carbonyl (C=O) groups is 1. The molecule has 18 heavy (non-hydrogen) atoms. The van der Waals surface area contributed by atoms with Crippen LogP contribution >= 0.6 is 0 Å². The highest BCUT2D eigenvalue weighted by Crippen LogP contribution is 2.33. The number of nitrogens with one attached hydrogen (secondary N) is 1. The number of ether oxygens (including phenoxy) is 1. The molecule has 0 radical (unpaired) electrons. The van der Waals surface area contributed by atoms with Crippen LogP contribution < -0.4 is 5.32 Å². The van der Waals surface area contributed by atoms with Crippen LogP contribution in [-0.2, 0) is 9.53 Å². The minimum atomic E-state index is -0.0353. The second kappa shape index (κ2) is 6.55. The van der Waals surface area contributed by atoms with E-state index in [1.807, 2.05) is 0 Å². The Morgan fingerprint density at radius 3 is 2.89 bits per heavy atom. The van der Waals surface area contributed by atoms with Gasteiger partial charge in [-0.1, -0.05) is 33.1 Å². The van der Waals surface area contributed by atoms with E-state index in [0.29, 0.717) is 24.5 Å². The van der Waals surface area contributed by atoms with E-state index >= 15 is 0 Å². The van der Waals surface area contributed by atoms with Gasteiger partial charge in [-0.05, 0) is 37.5 Å². The van der Waals surface area contributed by atoms with Gasteiger partial charge in [-0.3, -0.25) is 4.79 Å². The van der Waals surface area contributed by atoms with Gasteiger partial charge in [0.1, 0.15) is 6.04 Å². The van der Waals surface area contributed by atoms with Crippen molar-refractivity contribution in [3.05, 3.63) is 0 Å². The molecular weight excluding hydrogens is 226 g/mol. The molecule has 1 saturated carbocycles. The van der Waals surface area contributed by atoms with Gasteiger partial charge in [0.25, 0.3) is 0 Å².